The largest absolute Gasteiger partial charge is 0.399 e. The van der Waals surface area contributed by atoms with Gasteiger partial charge < -0.3 is 10.6 Å². The van der Waals surface area contributed by atoms with Gasteiger partial charge in [0, 0.05) is 17.6 Å². The van der Waals surface area contributed by atoms with Gasteiger partial charge in [-0.3, -0.25) is 4.68 Å². The molecule has 2 aromatic rings. The normalized spacial score (nSPS) is 11.4. The van der Waals surface area contributed by atoms with Crippen LogP contribution in [0.2, 0.25) is 0 Å². The summed E-state index contributed by atoms with van der Waals surface area (Å²) >= 11 is 0. The van der Waals surface area contributed by atoms with E-state index in [9.17, 15) is 0 Å². The van der Waals surface area contributed by atoms with Gasteiger partial charge in [0.05, 0.1) is 18.3 Å². The number of anilines is 1. The molecule has 0 aliphatic heterocycles. The Morgan fingerprint density at radius 2 is 2.20 bits per heavy atom. The highest BCUT2D eigenvalue weighted by Crippen LogP contribution is 2.16. The molecule has 1 aromatic carbocycles. The van der Waals surface area contributed by atoms with E-state index in [0.29, 0.717) is 0 Å². The number of aromatic nitrogens is 2. The van der Waals surface area contributed by atoms with Gasteiger partial charge in [-0.25, -0.2) is 0 Å². The first-order chi connectivity index (χ1) is 7.16. The second-order valence-electron chi connectivity index (χ2n) is 3.99. The van der Waals surface area contributed by atoms with Crippen molar-refractivity contribution in [3.8, 4) is 0 Å². The van der Waals surface area contributed by atoms with Crippen LogP contribution in [0.25, 0.3) is 10.9 Å². The Hall–Kier alpha value is -1.55. The molecule has 0 aliphatic rings. The fourth-order valence-electron chi connectivity index (χ4n) is 1.58. The molecule has 0 aliphatic carbocycles. The van der Waals surface area contributed by atoms with Crippen LogP contribution >= 0.6 is 0 Å². The molecule has 4 heteroatoms. The lowest BCUT2D eigenvalue weighted by molar-refractivity contribution is 0.377. The molecule has 1 aromatic heterocycles. The number of fused-ring (bicyclic) bond motifs is 1. The average Bonchev–Trinajstić information content (AvgIpc) is 2.57. The van der Waals surface area contributed by atoms with Crippen molar-refractivity contribution in [2.24, 2.45) is 0 Å². The minimum atomic E-state index is 0.787. The minimum Gasteiger partial charge on any atom is -0.399 e. The van der Waals surface area contributed by atoms with Crippen LogP contribution in [0.4, 0.5) is 5.69 Å². The van der Waals surface area contributed by atoms with Crippen molar-refractivity contribution in [2.45, 2.75) is 6.54 Å². The summed E-state index contributed by atoms with van der Waals surface area (Å²) in [6.45, 7) is 1.89. The predicted molar refractivity (Wildman–Crippen MR) is 62.7 cm³/mol. The van der Waals surface area contributed by atoms with Gasteiger partial charge in [-0.15, -0.1) is 0 Å². The van der Waals surface area contributed by atoms with Gasteiger partial charge in [-0.2, -0.15) is 5.10 Å². The van der Waals surface area contributed by atoms with Crippen molar-refractivity contribution in [1.82, 2.24) is 14.7 Å². The van der Waals surface area contributed by atoms with E-state index < -0.39 is 0 Å². The molecule has 2 rings (SSSR count). The lowest BCUT2D eigenvalue weighted by atomic mass is 10.2. The van der Waals surface area contributed by atoms with E-state index >= 15 is 0 Å². The highest BCUT2D eigenvalue weighted by atomic mass is 15.3. The zero-order chi connectivity index (χ0) is 10.8. The number of nitrogen functional groups attached to an aromatic ring is 1. The lowest BCUT2D eigenvalue weighted by Crippen LogP contribution is -2.18. The van der Waals surface area contributed by atoms with Gasteiger partial charge >= 0.3 is 0 Å². The lowest BCUT2D eigenvalue weighted by Gasteiger charge is -2.09. The number of likely N-dealkylation sites (N-methyl/N-ethyl adjacent to an activating group) is 1. The maximum Gasteiger partial charge on any atom is 0.0684 e. The summed E-state index contributed by atoms with van der Waals surface area (Å²) in [5.41, 5.74) is 7.64. The number of nitrogens with zero attached hydrogens (tertiary/aromatic N) is 3. The molecular weight excluding hydrogens is 188 g/mol. The van der Waals surface area contributed by atoms with Crippen LogP contribution in [0.1, 0.15) is 0 Å². The fourth-order valence-corrected chi connectivity index (χ4v) is 1.58. The number of hydrogen-bond donors (Lipinski definition) is 1. The van der Waals surface area contributed by atoms with E-state index in [-0.39, 0.29) is 0 Å². The van der Waals surface area contributed by atoms with Crippen LogP contribution in [0.3, 0.4) is 0 Å². The second kappa shape index (κ2) is 3.90. The first kappa shape index (κ1) is 9.98. The maximum atomic E-state index is 5.71. The monoisotopic (exact) mass is 204 g/mol. The molecule has 1 heterocycles. The standard InChI is InChI=1S/C11H16N4/c1-14(2)5-6-15-11-4-3-10(12)7-9(11)8-13-15/h3-4,7-8H,5-6,12H2,1-2H3. The van der Waals surface area contributed by atoms with Gasteiger partial charge in [0.2, 0.25) is 0 Å². The Morgan fingerprint density at radius 1 is 1.40 bits per heavy atom. The maximum absolute atomic E-state index is 5.71. The Morgan fingerprint density at radius 3 is 2.93 bits per heavy atom. The fraction of sp³-hybridized carbons (Fsp3) is 0.364. The van der Waals surface area contributed by atoms with Crippen LogP contribution in [0, 0.1) is 0 Å². The van der Waals surface area contributed by atoms with Gasteiger partial charge in [-0.05, 0) is 32.3 Å². The molecule has 0 saturated carbocycles. The summed E-state index contributed by atoms with van der Waals surface area (Å²) < 4.78 is 2.01. The van der Waals surface area contributed by atoms with E-state index in [1.807, 2.05) is 29.1 Å². The van der Waals surface area contributed by atoms with Crippen molar-refractivity contribution < 1.29 is 0 Å². The average molecular weight is 204 g/mol. The Kier molecular flexibility index (Phi) is 2.60. The Labute approximate surface area is 89.3 Å². The summed E-state index contributed by atoms with van der Waals surface area (Å²) in [6, 6.07) is 5.89. The quantitative estimate of drug-likeness (QED) is 0.764. The number of benzene rings is 1. The van der Waals surface area contributed by atoms with Crippen LogP contribution < -0.4 is 5.73 Å². The third kappa shape index (κ3) is 2.10. The number of nitrogens with two attached hydrogens (primary N) is 1. The Balaban J connectivity index is 2.29. The first-order valence-corrected chi connectivity index (χ1v) is 5.02. The van der Waals surface area contributed by atoms with E-state index in [4.69, 9.17) is 5.73 Å². The molecule has 0 saturated heterocycles. The summed E-state index contributed by atoms with van der Waals surface area (Å²) in [4.78, 5) is 2.14. The van der Waals surface area contributed by atoms with Crippen molar-refractivity contribution in [2.75, 3.05) is 26.4 Å². The number of rotatable bonds is 3. The molecule has 2 N–H and O–H groups in total. The molecule has 0 spiro atoms. The molecule has 0 atom stereocenters. The Bertz CT molecular complexity index is 459. The van der Waals surface area contributed by atoms with E-state index in [0.717, 1.165) is 29.7 Å². The minimum absolute atomic E-state index is 0.787. The number of hydrogen-bond acceptors (Lipinski definition) is 3. The van der Waals surface area contributed by atoms with E-state index in [1.54, 1.807) is 0 Å². The summed E-state index contributed by atoms with van der Waals surface area (Å²) in [7, 11) is 4.12. The van der Waals surface area contributed by atoms with Crippen molar-refractivity contribution >= 4 is 16.6 Å². The van der Waals surface area contributed by atoms with Gasteiger partial charge in [-0.1, -0.05) is 0 Å². The van der Waals surface area contributed by atoms with Crippen molar-refractivity contribution in [1.29, 1.82) is 0 Å². The summed E-state index contributed by atoms with van der Waals surface area (Å²) in [5.74, 6) is 0. The van der Waals surface area contributed by atoms with E-state index in [2.05, 4.69) is 24.1 Å². The molecule has 15 heavy (non-hydrogen) atoms. The molecule has 0 fully saturated rings. The zero-order valence-electron chi connectivity index (χ0n) is 9.14. The molecule has 0 unspecified atom stereocenters. The molecule has 4 nitrogen and oxygen atoms in total. The zero-order valence-corrected chi connectivity index (χ0v) is 9.14. The van der Waals surface area contributed by atoms with Crippen LogP contribution in [0.15, 0.2) is 24.4 Å². The third-order valence-electron chi connectivity index (χ3n) is 2.42. The third-order valence-corrected chi connectivity index (χ3v) is 2.42. The smallest absolute Gasteiger partial charge is 0.0684 e. The van der Waals surface area contributed by atoms with Gasteiger partial charge in [0.1, 0.15) is 0 Å². The SMILES string of the molecule is CN(C)CCn1ncc2cc(N)ccc21. The van der Waals surface area contributed by atoms with Crippen LogP contribution in [-0.4, -0.2) is 35.3 Å². The second-order valence-corrected chi connectivity index (χ2v) is 3.99. The molecule has 0 radical (unpaired) electrons. The van der Waals surface area contributed by atoms with E-state index in [1.165, 1.54) is 0 Å². The molecule has 0 amide bonds. The van der Waals surface area contributed by atoms with Crippen molar-refractivity contribution in [3.63, 3.8) is 0 Å². The summed E-state index contributed by atoms with van der Waals surface area (Å²) in [6.07, 6.45) is 1.86. The van der Waals surface area contributed by atoms with Crippen LogP contribution in [-0.2, 0) is 6.54 Å². The topological polar surface area (TPSA) is 47.1 Å². The first-order valence-electron chi connectivity index (χ1n) is 5.02. The van der Waals surface area contributed by atoms with Crippen LogP contribution in [0.5, 0.6) is 0 Å². The summed E-state index contributed by atoms with van der Waals surface area (Å²) in [5, 5.41) is 5.45. The molecule has 0 bridgehead atoms. The van der Waals surface area contributed by atoms with Gasteiger partial charge in [0.15, 0.2) is 0 Å². The molecular formula is C11H16N4. The highest BCUT2D eigenvalue weighted by molar-refractivity contribution is 5.81. The predicted octanol–water partition coefficient (Wildman–Crippen LogP) is 1.18. The van der Waals surface area contributed by atoms with Gasteiger partial charge in [0.25, 0.3) is 0 Å². The highest BCUT2D eigenvalue weighted by Gasteiger charge is 2.02. The van der Waals surface area contributed by atoms with Crippen molar-refractivity contribution in [3.05, 3.63) is 24.4 Å². The molecule has 80 valence electrons.